The molecule has 176 valence electrons. The van der Waals surface area contributed by atoms with Crippen molar-refractivity contribution in [3.05, 3.63) is 67.4 Å². The van der Waals surface area contributed by atoms with Gasteiger partial charge in [0.15, 0.2) is 9.84 Å². The van der Waals surface area contributed by atoms with E-state index in [-0.39, 0.29) is 11.4 Å². The van der Waals surface area contributed by atoms with Crippen LogP contribution in [0.25, 0.3) is 22.1 Å². The molecule has 1 aliphatic rings. The van der Waals surface area contributed by atoms with Gasteiger partial charge in [0.25, 0.3) is 0 Å². The van der Waals surface area contributed by atoms with Gasteiger partial charge in [-0.05, 0) is 73.7 Å². The summed E-state index contributed by atoms with van der Waals surface area (Å²) in [6.45, 7) is 9.47. The van der Waals surface area contributed by atoms with Gasteiger partial charge in [0, 0.05) is 18.5 Å². The number of likely N-dealkylation sites (N-methyl/N-ethyl adjacent to an activating group) is 1. The van der Waals surface area contributed by atoms with Gasteiger partial charge < -0.3 is 9.15 Å². The first kappa shape index (κ1) is 23.7. The summed E-state index contributed by atoms with van der Waals surface area (Å²) in [6, 6.07) is 15.1. The minimum atomic E-state index is -3.36. The summed E-state index contributed by atoms with van der Waals surface area (Å²) >= 11 is 0. The molecule has 1 saturated heterocycles. The van der Waals surface area contributed by atoms with E-state index in [4.69, 9.17) is 9.15 Å². The number of benzene rings is 2. The number of morpholine rings is 1. The van der Waals surface area contributed by atoms with Crippen molar-refractivity contribution in [1.82, 2.24) is 4.90 Å². The fraction of sp³-hybridized carbons (Fsp3) is 0.407. The molecule has 0 spiro atoms. The second-order valence-corrected chi connectivity index (χ2v) is 11.0. The van der Waals surface area contributed by atoms with Crippen LogP contribution in [-0.2, 0) is 14.6 Å². The zero-order valence-electron chi connectivity index (χ0n) is 19.3. The monoisotopic (exact) mass is 467 g/mol. The van der Waals surface area contributed by atoms with Gasteiger partial charge in [-0.3, -0.25) is 4.90 Å². The number of hydrogen-bond acceptors (Lipinski definition) is 5. The van der Waals surface area contributed by atoms with Crippen LogP contribution in [0.2, 0.25) is 0 Å². The first-order valence-corrected chi connectivity index (χ1v) is 13.4. The minimum absolute atomic E-state index is 0.124. The number of hydrogen-bond donors (Lipinski definition) is 0. The van der Waals surface area contributed by atoms with Crippen LogP contribution in [0.1, 0.15) is 32.6 Å². The number of nitrogens with zero attached hydrogens (tertiary/aromatic N) is 1. The Morgan fingerprint density at radius 1 is 1.09 bits per heavy atom. The molecule has 4 rings (SSSR count). The maximum atomic E-state index is 13.0. The van der Waals surface area contributed by atoms with Crippen molar-refractivity contribution in [3.63, 3.8) is 0 Å². The molecule has 2 aromatic carbocycles. The fourth-order valence-electron chi connectivity index (χ4n) is 4.69. The lowest BCUT2D eigenvalue weighted by Gasteiger charge is -2.43. The second-order valence-electron chi connectivity index (χ2n) is 8.85. The molecule has 1 atom stereocenters. The molecule has 6 heteroatoms. The summed E-state index contributed by atoms with van der Waals surface area (Å²) in [5, 5.41) is 1.03. The number of ether oxygens (including phenoxy) is 1. The van der Waals surface area contributed by atoms with Gasteiger partial charge in [-0.15, -0.1) is 6.58 Å². The molecule has 0 aliphatic carbocycles. The molecule has 1 aromatic heterocycles. The van der Waals surface area contributed by atoms with Crippen molar-refractivity contribution >= 4 is 20.8 Å². The van der Waals surface area contributed by atoms with E-state index < -0.39 is 9.84 Å². The van der Waals surface area contributed by atoms with Gasteiger partial charge in [0.1, 0.15) is 5.58 Å². The molecule has 0 N–H and O–H groups in total. The highest BCUT2D eigenvalue weighted by molar-refractivity contribution is 7.91. The first-order valence-electron chi connectivity index (χ1n) is 11.7. The average Bonchev–Trinajstić information content (AvgIpc) is 3.31. The van der Waals surface area contributed by atoms with Gasteiger partial charge in [0.2, 0.25) is 0 Å². The third kappa shape index (κ3) is 5.57. The third-order valence-electron chi connectivity index (χ3n) is 6.62. The topological polar surface area (TPSA) is 59.8 Å². The highest BCUT2D eigenvalue weighted by atomic mass is 32.2. The Labute approximate surface area is 197 Å². The number of fused-ring (bicyclic) bond motifs is 1. The Hall–Kier alpha value is -2.41. The van der Waals surface area contributed by atoms with E-state index in [9.17, 15) is 8.42 Å². The molecule has 1 aliphatic heterocycles. The van der Waals surface area contributed by atoms with Crippen molar-refractivity contribution in [2.75, 3.05) is 32.0 Å². The summed E-state index contributed by atoms with van der Waals surface area (Å²) in [6.07, 6.45) is 6.65. The maximum absolute atomic E-state index is 13.0. The molecule has 5 nitrogen and oxygen atoms in total. The quantitative estimate of drug-likeness (QED) is 0.357. The van der Waals surface area contributed by atoms with E-state index in [2.05, 4.69) is 24.5 Å². The Morgan fingerprint density at radius 3 is 2.64 bits per heavy atom. The van der Waals surface area contributed by atoms with Gasteiger partial charge in [-0.1, -0.05) is 31.2 Å². The van der Waals surface area contributed by atoms with Crippen LogP contribution in [0.5, 0.6) is 0 Å². The van der Waals surface area contributed by atoms with Crippen LogP contribution in [-0.4, -0.2) is 50.9 Å². The molecule has 1 unspecified atom stereocenters. The summed E-state index contributed by atoms with van der Waals surface area (Å²) in [5.74, 6) is 0.124. The first-order chi connectivity index (χ1) is 15.9. The average molecular weight is 468 g/mol. The predicted molar refractivity (Wildman–Crippen MR) is 133 cm³/mol. The van der Waals surface area contributed by atoms with Crippen molar-refractivity contribution in [2.45, 2.75) is 43.1 Å². The Kier molecular flexibility index (Phi) is 7.37. The third-order valence-corrected chi connectivity index (χ3v) is 8.44. The SMILES string of the molecule is C=CCCC1(CCCS(=O)(=O)c2ccc(-c3ccc4occc4c3)cc2)CN(CC)CCO1. The Morgan fingerprint density at radius 2 is 1.88 bits per heavy atom. The van der Waals surface area contributed by atoms with Crippen LogP contribution in [0.4, 0.5) is 0 Å². The number of sulfone groups is 1. The van der Waals surface area contributed by atoms with Crippen LogP contribution < -0.4 is 0 Å². The summed E-state index contributed by atoms with van der Waals surface area (Å²) in [5.41, 5.74) is 2.57. The Bertz CT molecular complexity index is 1180. The van der Waals surface area contributed by atoms with E-state index in [0.29, 0.717) is 17.9 Å². The normalized spacial score (nSPS) is 19.7. The van der Waals surface area contributed by atoms with Gasteiger partial charge >= 0.3 is 0 Å². The molecular weight excluding hydrogens is 434 g/mol. The second kappa shape index (κ2) is 10.2. The van der Waals surface area contributed by atoms with E-state index >= 15 is 0 Å². The standard InChI is InChI=1S/C27H33NO4S/c1-3-5-14-27(21-28(4-2)16-18-32-27)15-6-19-33(29,30)25-10-7-22(8-11-25)23-9-12-26-24(20-23)13-17-31-26/h3,7-13,17,20H,1,4-6,14-16,18-19,21H2,2H3. The van der Waals surface area contributed by atoms with Crippen molar-refractivity contribution in [1.29, 1.82) is 0 Å². The smallest absolute Gasteiger partial charge is 0.178 e. The highest BCUT2D eigenvalue weighted by Gasteiger charge is 2.35. The molecule has 1 fully saturated rings. The van der Waals surface area contributed by atoms with Crippen LogP contribution in [0.15, 0.2) is 76.8 Å². The largest absolute Gasteiger partial charge is 0.464 e. The molecule has 0 radical (unpaired) electrons. The zero-order valence-corrected chi connectivity index (χ0v) is 20.1. The summed E-state index contributed by atoms with van der Waals surface area (Å²) in [7, 11) is -3.36. The minimum Gasteiger partial charge on any atom is -0.464 e. The van der Waals surface area contributed by atoms with E-state index in [1.807, 2.05) is 36.4 Å². The maximum Gasteiger partial charge on any atom is 0.178 e. The van der Waals surface area contributed by atoms with Crippen LogP contribution in [0, 0.1) is 0 Å². The molecule has 0 saturated carbocycles. The number of allylic oxidation sites excluding steroid dienone is 1. The van der Waals surface area contributed by atoms with Gasteiger partial charge in [-0.25, -0.2) is 8.42 Å². The molecule has 33 heavy (non-hydrogen) atoms. The molecule has 0 amide bonds. The highest BCUT2D eigenvalue weighted by Crippen LogP contribution is 2.30. The lowest BCUT2D eigenvalue weighted by Crippen LogP contribution is -2.51. The predicted octanol–water partition coefficient (Wildman–Crippen LogP) is 5.71. The molecular formula is C27H33NO4S. The Balaban J connectivity index is 1.41. The van der Waals surface area contributed by atoms with Gasteiger partial charge in [0.05, 0.1) is 29.1 Å². The van der Waals surface area contributed by atoms with Crippen molar-refractivity contribution in [2.24, 2.45) is 0 Å². The van der Waals surface area contributed by atoms with Gasteiger partial charge in [-0.2, -0.15) is 0 Å². The lowest BCUT2D eigenvalue weighted by atomic mass is 9.90. The summed E-state index contributed by atoms with van der Waals surface area (Å²) < 4.78 is 37.7. The lowest BCUT2D eigenvalue weighted by molar-refractivity contribution is -0.116. The number of rotatable bonds is 10. The van der Waals surface area contributed by atoms with Crippen molar-refractivity contribution in [3.8, 4) is 11.1 Å². The van der Waals surface area contributed by atoms with Crippen LogP contribution >= 0.6 is 0 Å². The summed E-state index contributed by atoms with van der Waals surface area (Å²) in [4.78, 5) is 2.76. The molecule has 2 heterocycles. The van der Waals surface area contributed by atoms with E-state index in [1.54, 1.807) is 18.4 Å². The molecule has 0 bridgehead atoms. The van der Waals surface area contributed by atoms with Crippen molar-refractivity contribution < 1.29 is 17.6 Å². The molecule has 3 aromatic rings. The fourth-order valence-corrected chi connectivity index (χ4v) is 6.00. The van der Waals surface area contributed by atoms with Crippen LogP contribution in [0.3, 0.4) is 0 Å². The van der Waals surface area contributed by atoms with E-state index in [1.165, 1.54) is 0 Å². The van der Waals surface area contributed by atoms with E-state index in [0.717, 1.165) is 61.0 Å². The number of furan rings is 1. The zero-order chi connectivity index (χ0) is 23.3.